The molecule has 0 fully saturated rings. The van der Waals surface area contributed by atoms with E-state index >= 15 is 0 Å². The zero-order valence-electron chi connectivity index (χ0n) is 12.9. The molecule has 1 unspecified atom stereocenters. The van der Waals surface area contributed by atoms with Gasteiger partial charge in [-0.2, -0.15) is 0 Å². The highest BCUT2D eigenvalue weighted by Gasteiger charge is 2.23. The Hall–Kier alpha value is -2.02. The summed E-state index contributed by atoms with van der Waals surface area (Å²) in [6, 6.07) is 13.4. The second-order valence-corrected chi connectivity index (χ2v) is 7.52. The molecule has 0 amide bonds. The predicted octanol–water partition coefficient (Wildman–Crippen LogP) is 2.77. The summed E-state index contributed by atoms with van der Waals surface area (Å²) in [5.74, 6) is -0.560. The number of allylic oxidation sites excluding steroid dienone is 1. The van der Waals surface area contributed by atoms with Crippen LogP contribution >= 0.6 is 0 Å². The smallest absolute Gasteiger partial charge is 0.236 e. The lowest BCUT2D eigenvalue weighted by atomic mass is 9.98. The molecule has 1 aliphatic carbocycles. The van der Waals surface area contributed by atoms with Crippen LogP contribution in [0.4, 0.5) is 4.39 Å². The lowest BCUT2D eigenvalue weighted by molar-refractivity contribution is 0.177. The largest absolute Gasteiger partial charge is 0.387 e. The highest BCUT2D eigenvalue weighted by Crippen LogP contribution is 2.26. The predicted molar refractivity (Wildman–Crippen MR) is 91.0 cm³/mol. The lowest BCUT2D eigenvalue weighted by Crippen LogP contribution is -2.30. The van der Waals surface area contributed by atoms with E-state index in [-0.39, 0.29) is 17.0 Å². The molecule has 0 heterocycles. The lowest BCUT2D eigenvalue weighted by Gasteiger charge is -2.18. The van der Waals surface area contributed by atoms with Gasteiger partial charge in [0.25, 0.3) is 0 Å². The van der Waals surface area contributed by atoms with E-state index in [0.717, 1.165) is 11.1 Å². The van der Waals surface area contributed by atoms with E-state index < -0.39 is 21.9 Å². The Kier molecular flexibility index (Phi) is 4.80. The topological polar surface area (TPSA) is 66.4 Å². The number of aryl methyl sites for hydroxylation is 1. The van der Waals surface area contributed by atoms with Gasteiger partial charge in [-0.3, -0.25) is 0 Å². The molecule has 0 bridgehead atoms. The number of aliphatic hydroxyl groups excluding tert-OH is 1. The van der Waals surface area contributed by atoms with Gasteiger partial charge in [0.1, 0.15) is 5.82 Å². The van der Waals surface area contributed by atoms with E-state index in [2.05, 4.69) is 4.72 Å². The summed E-state index contributed by atoms with van der Waals surface area (Å²) < 4.78 is 40.9. The molecule has 3 rings (SSSR count). The summed E-state index contributed by atoms with van der Waals surface area (Å²) >= 11 is 0. The van der Waals surface area contributed by atoms with Crippen LogP contribution in [0.2, 0.25) is 0 Å². The first-order chi connectivity index (χ1) is 11.5. The quantitative estimate of drug-likeness (QED) is 0.874. The molecule has 126 valence electrons. The first kappa shape index (κ1) is 16.8. The van der Waals surface area contributed by atoms with Crippen molar-refractivity contribution in [1.29, 1.82) is 0 Å². The van der Waals surface area contributed by atoms with Crippen molar-refractivity contribution in [1.82, 2.24) is 4.72 Å². The van der Waals surface area contributed by atoms with Crippen molar-refractivity contribution in [3.63, 3.8) is 0 Å². The summed E-state index contributed by atoms with van der Waals surface area (Å²) in [5.41, 5.74) is 2.07. The number of sulfonamides is 1. The van der Waals surface area contributed by atoms with E-state index in [9.17, 15) is 17.9 Å². The Morgan fingerprint density at radius 2 is 1.79 bits per heavy atom. The van der Waals surface area contributed by atoms with Gasteiger partial charge in [0.15, 0.2) is 0 Å². The van der Waals surface area contributed by atoms with Gasteiger partial charge in [-0.1, -0.05) is 42.5 Å². The third-order valence-electron chi connectivity index (χ3n) is 4.09. The number of fused-ring (bicyclic) bond motifs is 1. The molecule has 0 radical (unpaired) electrons. The fraction of sp³-hybridized carbons (Fsp3) is 0.222. The molecule has 2 aromatic carbocycles. The maximum atomic E-state index is 13.6. The molecule has 6 heteroatoms. The maximum absolute atomic E-state index is 13.6. The number of nitrogens with one attached hydrogen (secondary N) is 1. The average Bonchev–Trinajstić information content (AvgIpc) is 2.60. The summed E-state index contributed by atoms with van der Waals surface area (Å²) in [7, 11) is -3.71. The van der Waals surface area contributed by atoms with Gasteiger partial charge in [0.05, 0.1) is 11.0 Å². The van der Waals surface area contributed by atoms with E-state index in [0.29, 0.717) is 12.8 Å². The molecule has 0 saturated heterocycles. The monoisotopic (exact) mass is 347 g/mol. The highest BCUT2D eigenvalue weighted by atomic mass is 32.2. The van der Waals surface area contributed by atoms with Crippen LogP contribution in [0, 0.1) is 5.82 Å². The zero-order valence-corrected chi connectivity index (χ0v) is 13.8. The van der Waals surface area contributed by atoms with Crippen molar-refractivity contribution in [2.75, 3.05) is 6.54 Å². The Bertz CT molecular complexity index is 877. The van der Waals surface area contributed by atoms with Crippen LogP contribution in [0.15, 0.2) is 53.4 Å². The van der Waals surface area contributed by atoms with Crippen molar-refractivity contribution >= 4 is 16.1 Å². The number of rotatable bonds is 5. The van der Waals surface area contributed by atoms with E-state index in [4.69, 9.17) is 0 Å². The normalized spacial score (nSPS) is 15.5. The Labute approximate surface area is 140 Å². The van der Waals surface area contributed by atoms with Crippen LogP contribution in [0.5, 0.6) is 0 Å². The molecular weight excluding hydrogens is 329 g/mol. The standard InChI is InChI=1S/C18H18FNO3S/c19-17-8-4-3-7-16(17)18(21)12-20-24(22,23)15-10-9-13-5-1-2-6-14(13)11-15/h1-8,11,18,20-21H,9-10,12H2. The summed E-state index contributed by atoms with van der Waals surface area (Å²) in [6.45, 7) is -0.276. The van der Waals surface area contributed by atoms with Crippen LogP contribution < -0.4 is 4.72 Å². The van der Waals surface area contributed by atoms with E-state index in [1.54, 1.807) is 12.1 Å². The maximum Gasteiger partial charge on any atom is 0.236 e. The van der Waals surface area contributed by atoms with Gasteiger partial charge in [-0.15, -0.1) is 0 Å². The fourth-order valence-corrected chi connectivity index (χ4v) is 3.97. The Balaban J connectivity index is 1.73. The molecular formula is C18H18FNO3S. The number of benzene rings is 2. The Morgan fingerprint density at radius 3 is 2.58 bits per heavy atom. The minimum absolute atomic E-state index is 0.0724. The molecule has 2 N–H and O–H groups in total. The second-order valence-electron chi connectivity index (χ2n) is 5.70. The van der Waals surface area contributed by atoms with Crippen LogP contribution in [0.1, 0.15) is 29.2 Å². The van der Waals surface area contributed by atoms with Gasteiger partial charge in [0.2, 0.25) is 10.0 Å². The number of aliphatic hydroxyl groups is 1. The molecule has 24 heavy (non-hydrogen) atoms. The van der Waals surface area contributed by atoms with E-state index in [1.165, 1.54) is 18.2 Å². The van der Waals surface area contributed by atoms with Crippen molar-refractivity contribution in [3.05, 3.63) is 75.9 Å². The molecule has 0 saturated carbocycles. The van der Waals surface area contributed by atoms with Crippen molar-refractivity contribution < 1.29 is 17.9 Å². The van der Waals surface area contributed by atoms with Crippen LogP contribution in [0.3, 0.4) is 0 Å². The average molecular weight is 347 g/mol. The zero-order chi connectivity index (χ0) is 17.2. The third kappa shape index (κ3) is 3.56. The van der Waals surface area contributed by atoms with Crippen LogP contribution in [-0.2, 0) is 16.4 Å². The summed E-state index contributed by atoms with van der Waals surface area (Å²) in [5, 5.41) is 10.0. The highest BCUT2D eigenvalue weighted by molar-refractivity contribution is 7.93. The minimum Gasteiger partial charge on any atom is -0.387 e. The summed E-state index contributed by atoms with van der Waals surface area (Å²) in [6.07, 6.45) is 1.47. The van der Waals surface area contributed by atoms with Gasteiger partial charge >= 0.3 is 0 Å². The molecule has 0 spiro atoms. The van der Waals surface area contributed by atoms with Crippen molar-refractivity contribution in [2.45, 2.75) is 18.9 Å². The Morgan fingerprint density at radius 1 is 1.08 bits per heavy atom. The fourth-order valence-electron chi connectivity index (χ4n) is 2.75. The molecule has 4 nitrogen and oxygen atoms in total. The van der Waals surface area contributed by atoms with Crippen molar-refractivity contribution in [3.8, 4) is 0 Å². The summed E-state index contributed by atoms with van der Waals surface area (Å²) in [4.78, 5) is 0.280. The molecule has 1 aliphatic rings. The minimum atomic E-state index is -3.71. The number of halogens is 1. The van der Waals surface area contributed by atoms with Crippen molar-refractivity contribution in [2.24, 2.45) is 0 Å². The SMILES string of the molecule is O=S(=O)(NCC(O)c1ccccc1F)C1=Cc2ccccc2CC1. The molecule has 1 atom stereocenters. The van der Waals surface area contributed by atoms with Crippen LogP contribution in [-0.4, -0.2) is 20.1 Å². The number of hydrogen-bond acceptors (Lipinski definition) is 3. The molecule has 0 aliphatic heterocycles. The van der Waals surface area contributed by atoms with E-state index in [1.807, 2.05) is 24.3 Å². The van der Waals surface area contributed by atoms with Gasteiger partial charge in [-0.25, -0.2) is 17.5 Å². The first-order valence-electron chi connectivity index (χ1n) is 7.68. The first-order valence-corrected chi connectivity index (χ1v) is 9.16. The third-order valence-corrected chi connectivity index (χ3v) is 5.65. The molecule has 0 aromatic heterocycles. The van der Waals surface area contributed by atoms with Gasteiger partial charge in [0, 0.05) is 12.1 Å². The number of hydrogen-bond donors (Lipinski definition) is 2. The molecule has 2 aromatic rings. The van der Waals surface area contributed by atoms with Gasteiger partial charge < -0.3 is 5.11 Å². The van der Waals surface area contributed by atoms with Gasteiger partial charge in [-0.05, 0) is 36.1 Å². The van der Waals surface area contributed by atoms with Crippen LogP contribution in [0.25, 0.3) is 6.08 Å². The second kappa shape index (κ2) is 6.84.